The van der Waals surface area contributed by atoms with Crippen LogP contribution in [-0.2, 0) is 9.59 Å². The molecule has 0 fully saturated rings. The molecule has 24 heavy (non-hydrogen) atoms. The van der Waals surface area contributed by atoms with E-state index in [0.717, 1.165) is 11.1 Å². The van der Waals surface area contributed by atoms with Crippen LogP contribution in [0.1, 0.15) is 36.8 Å². The van der Waals surface area contributed by atoms with Crippen molar-refractivity contribution in [2.45, 2.75) is 25.7 Å². The van der Waals surface area contributed by atoms with Crippen molar-refractivity contribution in [1.82, 2.24) is 10.6 Å². The molecule has 0 saturated carbocycles. The summed E-state index contributed by atoms with van der Waals surface area (Å²) >= 11 is 0. The minimum Gasteiger partial charge on any atom is -0.347 e. The zero-order valence-corrected chi connectivity index (χ0v) is 14.2. The van der Waals surface area contributed by atoms with E-state index in [4.69, 9.17) is 0 Å². The third-order valence-electron chi connectivity index (χ3n) is 4.08. The van der Waals surface area contributed by atoms with Gasteiger partial charge in [0, 0.05) is 13.1 Å². The first-order chi connectivity index (χ1) is 11.6. The van der Waals surface area contributed by atoms with Crippen LogP contribution in [0.15, 0.2) is 60.7 Å². The minimum absolute atomic E-state index is 0.159. The fourth-order valence-electron chi connectivity index (χ4n) is 2.45. The van der Waals surface area contributed by atoms with Crippen molar-refractivity contribution in [2.24, 2.45) is 0 Å². The van der Waals surface area contributed by atoms with Crippen LogP contribution < -0.4 is 10.6 Å². The zero-order chi connectivity index (χ0) is 17.4. The van der Waals surface area contributed by atoms with Gasteiger partial charge in [0.2, 0.25) is 0 Å². The number of amides is 2. The molecule has 2 N–H and O–H groups in total. The highest BCUT2D eigenvalue weighted by Crippen LogP contribution is 2.13. The Morgan fingerprint density at radius 1 is 0.708 bits per heavy atom. The van der Waals surface area contributed by atoms with Gasteiger partial charge in [-0.25, -0.2) is 0 Å². The first kappa shape index (κ1) is 17.7. The first-order valence-corrected chi connectivity index (χ1v) is 8.24. The lowest BCUT2D eigenvalue weighted by atomic mass is 10.0. The van der Waals surface area contributed by atoms with Crippen molar-refractivity contribution in [3.63, 3.8) is 0 Å². The Morgan fingerprint density at radius 3 is 1.38 bits per heavy atom. The Morgan fingerprint density at radius 2 is 1.04 bits per heavy atom. The van der Waals surface area contributed by atoms with Gasteiger partial charge in [0.1, 0.15) is 0 Å². The molecule has 0 unspecified atom stereocenters. The van der Waals surface area contributed by atoms with E-state index >= 15 is 0 Å². The van der Waals surface area contributed by atoms with E-state index in [1.54, 1.807) is 0 Å². The van der Waals surface area contributed by atoms with Gasteiger partial charge in [-0.05, 0) is 23.0 Å². The summed E-state index contributed by atoms with van der Waals surface area (Å²) in [5, 5.41) is 5.39. The van der Waals surface area contributed by atoms with E-state index in [1.165, 1.54) is 0 Å². The highest BCUT2D eigenvalue weighted by atomic mass is 16.2. The van der Waals surface area contributed by atoms with Crippen molar-refractivity contribution in [2.75, 3.05) is 13.1 Å². The number of hydrogen-bond donors (Lipinski definition) is 2. The monoisotopic (exact) mass is 324 g/mol. The maximum absolute atomic E-state index is 11.9. The van der Waals surface area contributed by atoms with Crippen LogP contribution in [0.3, 0.4) is 0 Å². The van der Waals surface area contributed by atoms with Gasteiger partial charge in [-0.15, -0.1) is 0 Å². The molecule has 0 spiro atoms. The number of rotatable bonds is 6. The fourth-order valence-corrected chi connectivity index (χ4v) is 2.45. The SMILES string of the molecule is C[C@H](CNC(=O)C(=O)NC[C@H](C)c1ccccc1)c1ccccc1. The van der Waals surface area contributed by atoms with Crippen molar-refractivity contribution in [3.8, 4) is 0 Å². The molecule has 0 heterocycles. The average molecular weight is 324 g/mol. The van der Waals surface area contributed by atoms with E-state index in [-0.39, 0.29) is 11.8 Å². The number of benzene rings is 2. The summed E-state index contributed by atoms with van der Waals surface area (Å²) in [6, 6.07) is 19.8. The standard InChI is InChI=1S/C20H24N2O2/c1-15(17-9-5-3-6-10-17)13-21-19(23)20(24)22-14-16(2)18-11-7-4-8-12-18/h3-12,15-16H,13-14H2,1-2H3,(H,21,23)(H,22,24)/t15-,16+. The molecule has 0 aromatic heterocycles. The molecule has 2 aromatic carbocycles. The Hall–Kier alpha value is -2.62. The molecule has 2 atom stereocenters. The maximum Gasteiger partial charge on any atom is 0.309 e. The number of hydrogen-bond acceptors (Lipinski definition) is 2. The normalized spacial score (nSPS) is 12.9. The van der Waals surface area contributed by atoms with Gasteiger partial charge in [0.15, 0.2) is 0 Å². The van der Waals surface area contributed by atoms with Crippen LogP contribution in [0, 0.1) is 0 Å². The molecule has 4 nitrogen and oxygen atoms in total. The van der Waals surface area contributed by atoms with Crippen LogP contribution >= 0.6 is 0 Å². The third kappa shape index (κ3) is 5.23. The van der Waals surface area contributed by atoms with Crippen molar-refractivity contribution in [3.05, 3.63) is 71.8 Å². The predicted octanol–water partition coefficient (Wildman–Crippen LogP) is 2.83. The van der Waals surface area contributed by atoms with E-state index in [9.17, 15) is 9.59 Å². The highest BCUT2D eigenvalue weighted by Gasteiger charge is 2.16. The van der Waals surface area contributed by atoms with E-state index in [2.05, 4.69) is 10.6 Å². The molecule has 4 heteroatoms. The Kier molecular flexibility index (Phi) is 6.55. The molecule has 0 aliphatic heterocycles. The number of carbonyl (C=O) groups excluding carboxylic acids is 2. The lowest BCUT2D eigenvalue weighted by molar-refractivity contribution is -0.139. The van der Waals surface area contributed by atoms with Crippen LogP contribution in [0.5, 0.6) is 0 Å². The predicted molar refractivity (Wildman–Crippen MR) is 95.7 cm³/mol. The average Bonchev–Trinajstić information content (AvgIpc) is 2.64. The largest absolute Gasteiger partial charge is 0.347 e. The second-order valence-corrected chi connectivity index (χ2v) is 6.04. The van der Waals surface area contributed by atoms with Crippen LogP contribution in [0.4, 0.5) is 0 Å². The Bertz CT molecular complexity index is 596. The molecule has 2 amide bonds. The van der Waals surface area contributed by atoms with E-state index < -0.39 is 11.8 Å². The summed E-state index contributed by atoms with van der Waals surface area (Å²) < 4.78 is 0. The van der Waals surface area contributed by atoms with Gasteiger partial charge >= 0.3 is 11.8 Å². The molecular weight excluding hydrogens is 300 g/mol. The topological polar surface area (TPSA) is 58.2 Å². The summed E-state index contributed by atoms with van der Waals surface area (Å²) in [5.41, 5.74) is 2.27. The van der Waals surface area contributed by atoms with Crippen molar-refractivity contribution >= 4 is 11.8 Å². The molecule has 0 bridgehead atoms. The van der Waals surface area contributed by atoms with E-state index in [0.29, 0.717) is 13.1 Å². The second kappa shape index (κ2) is 8.87. The molecule has 0 aliphatic rings. The van der Waals surface area contributed by atoms with Crippen molar-refractivity contribution in [1.29, 1.82) is 0 Å². The minimum atomic E-state index is -0.585. The summed E-state index contributed by atoms with van der Waals surface area (Å²) in [4.78, 5) is 23.8. The van der Waals surface area contributed by atoms with Gasteiger partial charge in [-0.2, -0.15) is 0 Å². The van der Waals surface area contributed by atoms with Crippen LogP contribution in [0.25, 0.3) is 0 Å². The smallest absolute Gasteiger partial charge is 0.309 e. The summed E-state index contributed by atoms with van der Waals surface area (Å²) in [6.45, 7) is 4.91. The fraction of sp³-hybridized carbons (Fsp3) is 0.300. The lowest BCUT2D eigenvalue weighted by Gasteiger charge is -2.15. The highest BCUT2D eigenvalue weighted by molar-refractivity contribution is 6.35. The first-order valence-electron chi connectivity index (χ1n) is 8.24. The molecule has 0 radical (unpaired) electrons. The Balaban J connectivity index is 1.75. The van der Waals surface area contributed by atoms with Crippen LogP contribution in [-0.4, -0.2) is 24.9 Å². The Labute approximate surface area is 143 Å². The molecule has 2 aromatic rings. The molecular formula is C20H24N2O2. The van der Waals surface area contributed by atoms with Gasteiger partial charge in [0.25, 0.3) is 0 Å². The third-order valence-corrected chi connectivity index (χ3v) is 4.08. The summed E-state index contributed by atoms with van der Waals surface area (Å²) in [6.07, 6.45) is 0. The zero-order valence-electron chi connectivity index (χ0n) is 14.2. The lowest BCUT2D eigenvalue weighted by Crippen LogP contribution is -2.42. The molecule has 2 rings (SSSR count). The van der Waals surface area contributed by atoms with Crippen LogP contribution in [0.2, 0.25) is 0 Å². The van der Waals surface area contributed by atoms with Gasteiger partial charge in [0.05, 0.1) is 0 Å². The molecule has 0 aliphatic carbocycles. The van der Waals surface area contributed by atoms with Crippen molar-refractivity contribution < 1.29 is 9.59 Å². The maximum atomic E-state index is 11.9. The number of nitrogens with one attached hydrogen (secondary N) is 2. The summed E-state index contributed by atoms with van der Waals surface area (Å²) in [5.74, 6) is -0.853. The second-order valence-electron chi connectivity index (χ2n) is 6.04. The summed E-state index contributed by atoms with van der Waals surface area (Å²) in [7, 11) is 0. The quantitative estimate of drug-likeness (QED) is 0.803. The van der Waals surface area contributed by atoms with Gasteiger partial charge in [-0.3, -0.25) is 9.59 Å². The molecule has 126 valence electrons. The van der Waals surface area contributed by atoms with Gasteiger partial charge in [-0.1, -0.05) is 74.5 Å². The molecule has 0 saturated heterocycles. The van der Waals surface area contributed by atoms with Gasteiger partial charge < -0.3 is 10.6 Å². The number of carbonyl (C=O) groups is 2. The van der Waals surface area contributed by atoms with E-state index in [1.807, 2.05) is 74.5 Å².